The van der Waals surface area contributed by atoms with Gasteiger partial charge in [0.15, 0.2) is 0 Å². The van der Waals surface area contributed by atoms with Gasteiger partial charge in [-0.15, -0.1) is 0 Å². The maximum Gasteiger partial charge on any atom is 0.264 e. The highest BCUT2D eigenvalue weighted by Gasteiger charge is 2.18. The molecule has 5 heteroatoms. The molecule has 0 bridgehead atoms. The summed E-state index contributed by atoms with van der Waals surface area (Å²) in [7, 11) is -1.31. The Kier molecular flexibility index (Phi) is 4.73. The van der Waals surface area contributed by atoms with Crippen LogP contribution in [-0.2, 0) is 14.3 Å². The van der Waals surface area contributed by atoms with Gasteiger partial charge in [-0.3, -0.25) is 4.18 Å². The van der Waals surface area contributed by atoms with E-state index in [0.717, 1.165) is 29.6 Å². The number of hydrogen-bond acceptors (Lipinski definition) is 4. The lowest BCUT2D eigenvalue weighted by Gasteiger charge is -2.22. The van der Waals surface area contributed by atoms with Gasteiger partial charge in [0.25, 0.3) is 10.1 Å². The molecule has 1 heterocycles. The van der Waals surface area contributed by atoms with Crippen LogP contribution in [-0.4, -0.2) is 28.3 Å². The third-order valence-electron chi connectivity index (χ3n) is 4.13. The molecule has 0 atom stereocenters. The molecule has 0 unspecified atom stereocenters. The molecule has 24 heavy (non-hydrogen) atoms. The van der Waals surface area contributed by atoms with Gasteiger partial charge in [-0.2, -0.15) is 8.42 Å². The Morgan fingerprint density at radius 2 is 1.67 bits per heavy atom. The van der Waals surface area contributed by atoms with Gasteiger partial charge in [0, 0.05) is 24.0 Å². The topological polar surface area (TPSA) is 46.6 Å². The fraction of sp³-hybridized carbons (Fsp3) is 0.263. The van der Waals surface area contributed by atoms with E-state index in [0.29, 0.717) is 6.42 Å². The zero-order valence-corrected chi connectivity index (χ0v) is 14.7. The van der Waals surface area contributed by atoms with Crippen molar-refractivity contribution >= 4 is 33.1 Å². The number of benzene rings is 2. The predicted molar refractivity (Wildman–Crippen MR) is 98.8 cm³/mol. The van der Waals surface area contributed by atoms with Crippen molar-refractivity contribution in [2.24, 2.45) is 0 Å². The second kappa shape index (κ2) is 6.79. The lowest BCUT2D eigenvalue weighted by molar-refractivity contribution is 0.317. The van der Waals surface area contributed by atoms with Crippen molar-refractivity contribution < 1.29 is 12.6 Å². The van der Waals surface area contributed by atoms with Crippen molar-refractivity contribution in [2.75, 3.05) is 24.8 Å². The second-order valence-corrected chi connectivity index (χ2v) is 7.58. The van der Waals surface area contributed by atoms with E-state index < -0.39 is 10.1 Å². The summed E-state index contributed by atoms with van der Waals surface area (Å²) in [5.74, 6) is 0. The maximum atomic E-state index is 11.1. The minimum Gasteiger partial charge on any atom is -0.344 e. The van der Waals surface area contributed by atoms with E-state index in [4.69, 9.17) is 4.18 Å². The molecule has 0 aliphatic carbocycles. The highest BCUT2D eigenvalue weighted by Crippen LogP contribution is 2.39. The van der Waals surface area contributed by atoms with Crippen LogP contribution in [0, 0.1) is 0 Å². The van der Waals surface area contributed by atoms with E-state index in [1.807, 2.05) is 24.3 Å². The third kappa shape index (κ3) is 3.68. The largest absolute Gasteiger partial charge is 0.344 e. The number of allylic oxidation sites excluding steroid dienone is 1. The van der Waals surface area contributed by atoms with Crippen LogP contribution >= 0.6 is 0 Å². The van der Waals surface area contributed by atoms with Crippen LogP contribution < -0.4 is 4.90 Å². The molecule has 0 saturated carbocycles. The van der Waals surface area contributed by atoms with Crippen molar-refractivity contribution in [3.05, 3.63) is 59.7 Å². The van der Waals surface area contributed by atoms with Gasteiger partial charge >= 0.3 is 0 Å². The van der Waals surface area contributed by atoms with Crippen LogP contribution in [0.4, 0.5) is 11.4 Å². The Labute approximate surface area is 143 Å². The van der Waals surface area contributed by atoms with E-state index in [2.05, 4.69) is 42.3 Å². The molecular weight excluding hydrogens is 322 g/mol. The number of hydrogen-bond donors (Lipinski definition) is 0. The Bertz CT molecular complexity index is 872. The van der Waals surface area contributed by atoms with Crippen molar-refractivity contribution in [1.29, 1.82) is 0 Å². The van der Waals surface area contributed by atoms with Crippen molar-refractivity contribution in [3.8, 4) is 0 Å². The summed E-state index contributed by atoms with van der Waals surface area (Å²) >= 11 is 0. The summed E-state index contributed by atoms with van der Waals surface area (Å²) < 4.78 is 27.1. The van der Waals surface area contributed by atoms with E-state index in [-0.39, 0.29) is 6.61 Å². The Balaban J connectivity index is 1.92. The fourth-order valence-corrected chi connectivity index (χ4v) is 3.45. The van der Waals surface area contributed by atoms with E-state index in [1.165, 1.54) is 11.1 Å². The normalized spacial score (nSPS) is 13.8. The summed E-state index contributed by atoms with van der Waals surface area (Å²) in [6.45, 7) is 0.204. The van der Waals surface area contributed by atoms with Crippen molar-refractivity contribution in [3.63, 3.8) is 0 Å². The van der Waals surface area contributed by atoms with Crippen LogP contribution in [0.3, 0.4) is 0 Å². The standard InChI is InChI=1S/C19H21NO3S/c1-20-18-11-5-3-8-16(18)14-15(9-7-13-23-24(2,21)22)17-10-4-6-12-19(17)20/h3-6,8,10-12,14H,7,9,13H2,1-2H3. The molecule has 0 fully saturated rings. The quantitative estimate of drug-likeness (QED) is 0.606. The van der Waals surface area contributed by atoms with Gasteiger partial charge in [0.2, 0.25) is 0 Å². The van der Waals surface area contributed by atoms with Gasteiger partial charge < -0.3 is 4.90 Å². The van der Waals surface area contributed by atoms with Crippen molar-refractivity contribution in [1.82, 2.24) is 0 Å². The summed E-state index contributed by atoms with van der Waals surface area (Å²) in [5, 5.41) is 0. The summed E-state index contributed by atoms with van der Waals surface area (Å²) in [6.07, 6.45) is 4.68. The SMILES string of the molecule is CN1c2ccccc2C=C(CCCOS(C)(=O)=O)c2ccccc21. The lowest BCUT2D eigenvalue weighted by atomic mass is 9.98. The van der Waals surface area contributed by atoms with E-state index in [1.54, 1.807) is 0 Å². The van der Waals surface area contributed by atoms with Crippen LogP contribution in [0.2, 0.25) is 0 Å². The van der Waals surface area contributed by atoms with Gasteiger partial charge in [-0.1, -0.05) is 36.4 Å². The zero-order chi connectivity index (χ0) is 17.2. The highest BCUT2D eigenvalue weighted by molar-refractivity contribution is 7.85. The third-order valence-corrected chi connectivity index (χ3v) is 4.72. The Morgan fingerprint density at radius 1 is 1.00 bits per heavy atom. The summed E-state index contributed by atoms with van der Waals surface area (Å²) in [5.41, 5.74) is 5.84. The first-order valence-corrected chi connectivity index (χ1v) is 9.74. The second-order valence-electron chi connectivity index (χ2n) is 5.93. The van der Waals surface area contributed by atoms with Crippen LogP contribution in [0.15, 0.2) is 48.5 Å². The minimum absolute atomic E-state index is 0.204. The first-order valence-electron chi connectivity index (χ1n) is 7.93. The minimum atomic E-state index is -3.38. The predicted octanol–water partition coefficient (Wildman–Crippen LogP) is 4.06. The molecule has 0 saturated heterocycles. The van der Waals surface area contributed by atoms with E-state index >= 15 is 0 Å². The molecule has 3 rings (SSSR count). The summed E-state index contributed by atoms with van der Waals surface area (Å²) in [6, 6.07) is 16.6. The molecule has 0 radical (unpaired) electrons. The van der Waals surface area contributed by atoms with Gasteiger partial charge in [-0.05, 0) is 42.2 Å². The zero-order valence-electron chi connectivity index (χ0n) is 13.9. The Morgan fingerprint density at radius 3 is 2.42 bits per heavy atom. The molecule has 4 nitrogen and oxygen atoms in total. The first-order chi connectivity index (χ1) is 11.5. The maximum absolute atomic E-state index is 11.1. The lowest BCUT2D eigenvalue weighted by Crippen LogP contribution is -2.11. The van der Waals surface area contributed by atoms with Gasteiger partial charge in [0.1, 0.15) is 0 Å². The van der Waals surface area contributed by atoms with Crippen LogP contribution in [0.5, 0.6) is 0 Å². The molecule has 1 aliphatic heterocycles. The Hall–Kier alpha value is -2.11. The number of para-hydroxylation sites is 2. The molecule has 2 aromatic carbocycles. The average Bonchev–Trinajstić information content (AvgIpc) is 2.67. The fourth-order valence-electron chi connectivity index (χ4n) is 3.03. The summed E-state index contributed by atoms with van der Waals surface area (Å²) in [4.78, 5) is 2.20. The first kappa shape index (κ1) is 16.7. The molecule has 0 amide bonds. The molecule has 126 valence electrons. The smallest absolute Gasteiger partial charge is 0.264 e. The average molecular weight is 343 g/mol. The molecule has 2 aromatic rings. The molecular formula is C19H21NO3S. The van der Waals surface area contributed by atoms with Gasteiger partial charge in [0.05, 0.1) is 12.9 Å². The van der Waals surface area contributed by atoms with E-state index in [9.17, 15) is 8.42 Å². The molecule has 0 N–H and O–H groups in total. The van der Waals surface area contributed by atoms with Gasteiger partial charge in [-0.25, -0.2) is 0 Å². The number of nitrogens with zero attached hydrogens (tertiary/aromatic N) is 1. The highest BCUT2D eigenvalue weighted by atomic mass is 32.2. The number of anilines is 2. The monoisotopic (exact) mass is 343 g/mol. The van der Waals surface area contributed by atoms with Crippen molar-refractivity contribution in [2.45, 2.75) is 12.8 Å². The number of fused-ring (bicyclic) bond motifs is 2. The van der Waals surface area contributed by atoms with Crippen LogP contribution in [0.25, 0.3) is 11.6 Å². The molecule has 0 spiro atoms. The number of rotatable bonds is 5. The molecule has 1 aliphatic rings. The molecule has 0 aromatic heterocycles. The van der Waals surface area contributed by atoms with Crippen LogP contribution in [0.1, 0.15) is 24.0 Å².